The van der Waals surface area contributed by atoms with Gasteiger partial charge in [-0.25, -0.2) is 4.79 Å². The van der Waals surface area contributed by atoms with E-state index in [2.05, 4.69) is 5.32 Å². The smallest absolute Gasteiger partial charge is 0.332 e. The molecule has 1 aliphatic heterocycles. The Labute approximate surface area is 100.0 Å². The Morgan fingerprint density at radius 1 is 1.41 bits per heavy atom. The normalized spacial score (nSPS) is 25.5. The number of aliphatic hydroxyl groups is 1. The number of carboxylic acid groups (broad SMARTS) is 1. The molecule has 0 radical (unpaired) electrons. The quantitative estimate of drug-likeness (QED) is 0.607. The highest BCUT2D eigenvalue weighted by molar-refractivity contribution is 5.82. The Morgan fingerprint density at radius 2 is 2.06 bits per heavy atom. The first kappa shape index (κ1) is 13.9. The number of aliphatic carboxylic acids is 1. The van der Waals surface area contributed by atoms with Crippen LogP contribution in [-0.4, -0.2) is 46.9 Å². The molecule has 6 nitrogen and oxygen atoms in total. The molecule has 1 rings (SSSR count). The molecule has 1 aliphatic rings. The maximum Gasteiger partial charge on any atom is 0.332 e. The van der Waals surface area contributed by atoms with Crippen LogP contribution in [0.1, 0.15) is 32.6 Å². The van der Waals surface area contributed by atoms with Crippen molar-refractivity contribution in [1.29, 1.82) is 0 Å². The molecule has 98 valence electrons. The highest BCUT2D eigenvalue weighted by Gasteiger charge is 2.35. The van der Waals surface area contributed by atoms with Crippen LogP contribution in [0.2, 0.25) is 0 Å². The van der Waals surface area contributed by atoms with Crippen LogP contribution in [0.3, 0.4) is 0 Å². The lowest BCUT2D eigenvalue weighted by Crippen LogP contribution is -2.42. The van der Waals surface area contributed by atoms with Crippen LogP contribution >= 0.6 is 0 Å². The number of hydrogen-bond acceptors (Lipinski definition) is 4. The van der Waals surface area contributed by atoms with E-state index in [-0.39, 0.29) is 18.6 Å². The standard InChI is InChI=1S/C11H19NO5/c1-2-7(5-6-13)12-10(14)8-3-4-9(17-8)11(15)16/h7-9,13H,2-6H2,1H3,(H,12,14)(H,15,16)/t7?,8-,9+/m0/s1. The minimum absolute atomic E-state index is 0.0159. The van der Waals surface area contributed by atoms with Crippen molar-refractivity contribution in [2.75, 3.05) is 6.61 Å². The van der Waals surface area contributed by atoms with E-state index < -0.39 is 18.2 Å². The Hall–Kier alpha value is -1.14. The van der Waals surface area contributed by atoms with Crippen molar-refractivity contribution in [3.05, 3.63) is 0 Å². The summed E-state index contributed by atoms with van der Waals surface area (Å²) in [7, 11) is 0. The molecule has 0 aromatic heterocycles. The molecule has 3 N–H and O–H groups in total. The van der Waals surface area contributed by atoms with Crippen molar-refractivity contribution < 1.29 is 24.5 Å². The van der Waals surface area contributed by atoms with Crippen molar-refractivity contribution >= 4 is 11.9 Å². The lowest BCUT2D eigenvalue weighted by Gasteiger charge is -2.18. The molecule has 0 aromatic rings. The van der Waals surface area contributed by atoms with Crippen LogP contribution in [0, 0.1) is 0 Å². The third-order valence-electron chi connectivity index (χ3n) is 2.90. The average Bonchev–Trinajstić information content (AvgIpc) is 2.77. The largest absolute Gasteiger partial charge is 0.479 e. The summed E-state index contributed by atoms with van der Waals surface area (Å²) in [6.07, 6.45) is 0.467. The van der Waals surface area contributed by atoms with Crippen LogP contribution in [0.15, 0.2) is 0 Å². The van der Waals surface area contributed by atoms with E-state index in [9.17, 15) is 9.59 Å². The molecule has 1 unspecified atom stereocenters. The molecule has 3 atom stereocenters. The number of hydrogen-bond donors (Lipinski definition) is 3. The van der Waals surface area contributed by atoms with Crippen molar-refractivity contribution in [2.45, 2.75) is 50.9 Å². The monoisotopic (exact) mass is 245 g/mol. The second kappa shape index (κ2) is 6.56. The molecule has 0 aliphatic carbocycles. The molecular weight excluding hydrogens is 226 g/mol. The number of ether oxygens (including phenoxy) is 1. The number of carboxylic acids is 1. The zero-order chi connectivity index (χ0) is 12.8. The van der Waals surface area contributed by atoms with Gasteiger partial charge in [0.2, 0.25) is 5.91 Å². The predicted octanol–water partition coefficient (Wildman–Crippen LogP) is -0.104. The fourth-order valence-corrected chi connectivity index (χ4v) is 1.84. The van der Waals surface area contributed by atoms with E-state index in [0.717, 1.165) is 6.42 Å². The van der Waals surface area contributed by atoms with Crippen LogP contribution in [0.4, 0.5) is 0 Å². The molecule has 17 heavy (non-hydrogen) atoms. The molecule has 0 spiro atoms. The fraction of sp³-hybridized carbons (Fsp3) is 0.818. The third kappa shape index (κ3) is 3.98. The first-order chi connectivity index (χ1) is 8.08. The zero-order valence-corrected chi connectivity index (χ0v) is 9.89. The predicted molar refractivity (Wildman–Crippen MR) is 59.5 cm³/mol. The Balaban J connectivity index is 2.41. The molecular formula is C11H19NO5. The van der Waals surface area contributed by atoms with Crippen LogP contribution < -0.4 is 5.32 Å². The second-order valence-electron chi connectivity index (χ2n) is 4.15. The van der Waals surface area contributed by atoms with E-state index in [1.165, 1.54) is 0 Å². The maximum atomic E-state index is 11.7. The number of amides is 1. The van der Waals surface area contributed by atoms with E-state index in [4.69, 9.17) is 14.9 Å². The average molecular weight is 245 g/mol. The van der Waals surface area contributed by atoms with Gasteiger partial charge in [0.15, 0.2) is 6.10 Å². The summed E-state index contributed by atoms with van der Waals surface area (Å²) in [5.74, 6) is -1.31. The number of rotatable bonds is 6. The van der Waals surface area contributed by atoms with Gasteiger partial charge in [0.05, 0.1) is 0 Å². The fourth-order valence-electron chi connectivity index (χ4n) is 1.84. The van der Waals surface area contributed by atoms with Gasteiger partial charge in [0.1, 0.15) is 6.10 Å². The van der Waals surface area contributed by atoms with Crippen LogP contribution in [0.25, 0.3) is 0 Å². The number of carbonyl (C=O) groups is 2. The molecule has 0 bridgehead atoms. The van der Waals surface area contributed by atoms with Crippen molar-refractivity contribution in [2.24, 2.45) is 0 Å². The molecule has 1 amide bonds. The number of carbonyl (C=O) groups excluding carboxylic acids is 1. The molecule has 6 heteroatoms. The van der Waals surface area contributed by atoms with E-state index in [1.54, 1.807) is 0 Å². The van der Waals surface area contributed by atoms with Gasteiger partial charge in [-0.2, -0.15) is 0 Å². The first-order valence-corrected chi connectivity index (χ1v) is 5.88. The van der Waals surface area contributed by atoms with Gasteiger partial charge in [0.25, 0.3) is 0 Å². The summed E-state index contributed by atoms with van der Waals surface area (Å²) in [5.41, 5.74) is 0. The van der Waals surface area contributed by atoms with Gasteiger partial charge in [-0.15, -0.1) is 0 Å². The molecule has 0 saturated carbocycles. The topological polar surface area (TPSA) is 95.9 Å². The third-order valence-corrected chi connectivity index (χ3v) is 2.90. The summed E-state index contributed by atoms with van der Waals surface area (Å²) in [4.78, 5) is 22.4. The van der Waals surface area contributed by atoms with Crippen molar-refractivity contribution in [3.8, 4) is 0 Å². The Kier molecular flexibility index (Phi) is 5.37. The van der Waals surface area contributed by atoms with Gasteiger partial charge in [0, 0.05) is 12.6 Å². The van der Waals surface area contributed by atoms with E-state index in [0.29, 0.717) is 19.3 Å². The molecule has 1 saturated heterocycles. The highest BCUT2D eigenvalue weighted by atomic mass is 16.5. The van der Waals surface area contributed by atoms with Crippen molar-refractivity contribution in [1.82, 2.24) is 5.32 Å². The summed E-state index contributed by atoms with van der Waals surface area (Å²) in [5, 5.41) is 20.3. The minimum Gasteiger partial charge on any atom is -0.479 e. The molecule has 1 fully saturated rings. The van der Waals surface area contributed by atoms with Gasteiger partial charge in [-0.3, -0.25) is 4.79 Å². The number of aliphatic hydroxyl groups excluding tert-OH is 1. The van der Waals surface area contributed by atoms with Gasteiger partial charge < -0.3 is 20.3 Å². The van der Waals surface area contributed by atoms with Gasteiger partial charge in [-0.1, -0.05) is 6.92 Å². The maximum absolute atomic E-state index is 11.7. The SMILES string of the molecule is CCC(CCO)NC(=O)[C@@H]1CC[C@H](C(=O)O)O1. The Bertz CT molecular complexity index is 281. The van der Waals surface area contributed by atoms with Crippen molar-refractivity contribution in [3.63, 3.8) is 0 Å². The van der Waals surface area contributed by atoms with E-state index >= 15 is 0 Å². The lowest BCUT2D eigenvalue weighted by atomic mass is 10.1. The van der Waals surface area contributed by atoms with Crippen LogP contribution in [0.5, 0.6) is 0 Å². The minimum atomic E-state index is -1.03. The summed E-state index contributed by atoms with van der Waals surface area (Å²) in [6.45, 7) is 1.93. The van der Waals surface area contributed by atoms with Gasteiger partial charge >= 0.3 is 5.97 Å². The second-order valence-corrected chi connectivity index (χ2v) is 4.15. The summed E-state index contributed by atoms with van der Waals surface area (Å²) < 4.78 is 5.13. The Morgan fingerprint density at radius 3 is 2.53 bits per heavy atom. The molecule has 1 heterocycles. The van der Waals surface area contributed by atoms with Crippen LogP contribution in [-0.2, 0) is 14.3 Å². The zero-order valence-electron chi connectivity index (χ0n) is 9.89. The summed E-state index contributed by atoms with van der Waals surface area (Å²) in [6, 6.07) is -0.0834. The van der Waals surface area contributed by atoms with E-state index in [1.807, 2.05) is 6.92 Å². The van der Waals surface area contributed by atoms with Gasteiger partial charge in [-0.05, 0) is 25.7 Å². The highest BCUT2D eigenvalue weighted by Crippen LogP contribution is 2.20. The lowest BCUT2D eigenvalue weighted by molar-refractivity contribution is -0.151. The number of nitrogens with one attached hydrogen (secondary N) is 1. The molecule has 0 aromatic carbocycles. The summed E-state index contributed by atoms with van der Waals surface area (Å²) >= 11 is 0. The first-order valence-electron chi connectivity index (χ1n) is 5.88.